The van der Waals surface area contributed by atoms with E-state index >= 15 is 0 Å². The first kappa shape index (κ1) is 10.8. The normalized spacial score (nSPS) is 10.1. The molecule has 0 unspecified atom stereocenters. The monoisotopic (exact) mass is 231 g/mol. The highest BCUT2D eigenvalue weighted by Gasteiger charge is 2.01. The molecule has 0 radical (unpaired) electrons. The predicted molar refractivity (Wildman–Crippen MR) is 63.9 cm³/mol. The van der Waals surface area contributed by atoms with Crippen molar-refractivity contribution in [3.8, 4) is 0 Å². The Hall–Kier alpha value is -1.67. The van der Waals surface area contributed by atoms with E-state index in [1.807, 2.05) is 24.3 Å². The van der Waals surface area contributed by atoms with Crippen LogP contribution in [0.3, 0.4) is 0 Å². The average molecular weight is 232 g/mol. The number of nitrogens with zero attached hydrogens (tertiary/aromatic N) is 1. The van der Waals surface area contributed by atoms with E-state index < -0.39 is 0 Å². The van der Waals surface area contributed by atoms with Gasteiger partial charge in [-0.2, -0.15) is 0 Å². The summed E-state index contributed by atoms with van der Waals surface area (Å²) in [5.74, 6) is 0. The van der Waals surface area contributed by atoms with Crippen LogP contribution in [0.1, 0.15) is 21.5 Å². The number of aldehydes is 1. The second-order valence-corrected chi connectivity index (χ2v) is 3.91. The molecule has 0 saturated heterocycles. The van der Waals surface area contributed by atoms with E-state index in [1.165, 1.54) is 5.56 Å². The van der Waals surface area contributed by atoms with Gasteiger partial charge in [0.1, 0.15) is 0 Å². The van der Waals surface area contributed by atoms with Crippen molar-refractivity contribution < 1.29 is 4.79 Å². The number of carbonyl (C=O) groups is 1. The van der Waals surface area contributed by atoms with Crippen LogP contribution in [-0.4, -0.2) is 11.3 Å². The minimum atomic E-state index is 0.501. The van der Waals surface area contributed by atoms with Gasteiger partial charge >= 0.3 is 0 Å². The zero-order chi connectivity index (χ0) is 11.4. The summed E-state index contributed by atoms with van der Waals surface area (Å²) in [6.07, 6.45) is 5.08. The first-order chi connectivity index (χ1) is 7.79. The van der Waals surface area contributed by atoms with Gasteiger partial charge in [-0.05, 0) is 41.8 Å². The van der Waals surface area contributed by atoms with Crippen LogP contribution in [0.25, 0.3) is 0 Å². The van der Waals surface area contributed by atoms with Crippen LogP contribution in [0.5, 0.6) is 0 Å². The molecular formula is C13H10ClNO. The van der Waals surface area contributed by atoms with E-state index in [0.29, 0.717) is 10.6 Å². The molecule has 2 aromatic rings. The number of halogens is 1. The molecule has 0 aliphatic carbocycles. The molecule has 0 saturated carbocycles. The van der Waals surface area contributed by atoms with Gasteiger partial charge in [-0.3, -0.25) is 9.78 Å². The Morgan fingerprint density at radius 3 is 2.50 bits per heavy atom. The largest absolute Gasteiger partial charge is 0.298 e. The van der Waals surface area contributed by atoms with E-state index in [9.17, 15) is 4.79 Å². The third kappa shape index (κ3) is 2.47. The zero-order valence-electron chi connectivity index (χ0n) is 8.56. The fourth-order valence-electron chi connectivity index (χ4n) is 1.51. The second-order valence-electron chi connectivity index (χ2n) is 3.51. The number of aromatic nitrogens is 1. The van der Waals surface area contributed by atoms with Gasteiger partial charge in [-0.15, -0.1) is 0 Å². The lowest BCUT2D eigenvalue weighted by molar-refractivity contribution is 0.112. The summed E-state index contributed by atoms with van der Waals surface area (Å²) in [5, 5.41) is 0.501. The number of pyridine rings is 1. The first-order valence-electron chi connectivity index (χ1n) is 4.92. The summed E-state index contributed by atoms with van der Waals surface area (Å²) in [6.45, 7) is 0. The third-order valence-corrected chi connectivity index (χ3v) is 2.68. The van der Waals surface area contributed by atoms with Crippen molar-refractivity contribution in [2.75, 3.05) is 0 Å². The van der Waals surface area contributed by atoms with Gasteiger partial charge in [0.2, 0.25) is 0 Å². The van der Waals surface area contributed by atoms with Crippen LogP contribution in [0.2, 0.25) is 5.02 Å². The minimum Gasteiger partial charge on any atom is -0.298 e. The van der Waals surface area contributed by atoms with E-state index in [2.05, 4.69) is 4.98 Å². The molecule has 0 atom stereocenters. The van der Waals surface area contributed by atoms with Gasteiger partial charge < -0.3 is 0 Å². The zero-order valence-corrected chi connectivity index (χ0v) is 9.32. The summed E-state index contributed by atoms with van der Waals surface area (Å²) >= 11 is 5.95. The van der Waals surface area contributed by atoms with Gasteiger partial charge in [-0.25, -0.2) is 0 Å². The summed E-state index contributed by atoms with van der Waals surface area (Å²) in [7, 11) is 0. The van der Waals surface area contributed by atoms with E-state index in [1.54, 1.807) is 18.5 Å². The van der Waals surface area contributed by atoms with Gasteiger partial charge in [0.25, 0.3) is 0 Å². The number of hydrogen-bond donors (Lipinski definition) is 0. The lowest BCUT2D eigenvalue weighted by atomic mass is 10.0. The molecule has 0 aliphatic rings. The molecule has 0 amide bonds. The van der Waals surface area contributed by atoms with Crippen molar-refractivity contribution in [2.24, 2.45) is 0 Å². The second kappa shape index (κ2) is 4.90. The highest BCUT2D eigenvalue weighted by molar-refractivity contribution is 6.33. The van der Waals surface area contributed by atoms with E-state index in [4.69, 9.17) is 11.6 Å². The molecule has 1 heterocycles. The smallest absolute Gasteiger partial charge is 0.151 e. The SMILES string of the molecule is O=Cc1ccc(Cc2ccncc2)cc1Cl. The molecule has 0 bridgehead atoms. The van der Waals surface area contributed by atoms with Crippen LogP contribution >= 0.6 is 11.6 Å². The van der Waals surface area contributed by atoms with Crippen LogP contribution in [0.15, 0.2) is 42.7 Å². The highest BCUT2D eigenvalue weighted by Crippen LogP contribution is 2.18. The molecule has 0 spiro atoms. The summed E-state index contributed by atoms with van der Waals surface area (Å²) in [4.78, 5) is 14.6. The molecule has 1 aromatic carbocycles. The average Bonchev–Trinajstić information content (AvgIpc) is 2.31. The standard InChI is InChI=1S/C13H10ClNO/c14-13-8-11(1-2-12(13)9-16)7-10-3-5-15-6-4-10/h1-6,8-9H,7H2. The van der Waals surface area contributed by atoms with E-state index in [0.717, 1.165) is 18.3 Å². The number of rotatable bonds is 3. The summed E-state index contributed by atoms with van der Waals surface area (Å²) in [6, 6.07) is 9.40. The van der Waals surface area contributed by atoms with Crippen LogP contribution in [0, 0.1) is 0 Å². The number of hydrogen-bond acceptors (Lipinski definition) is 2. The fourth-order valence-corrected chi connectivity index (χ4v) is 1.76. The Morgan fingerprint density at radius 1 is 1.12 bits per heavy atom. The Bertz CT molecular complexity index is 497. The molecule has 2 rings (SSSR count). The number of benzene rings is 1. The van der Waals surface area contributed by atoms with Crippen LogP contribution < -0.4 is 0 Å². The Morgan fingerprint density at radius 2 is 1.88 bits per heavy atom. The maximum atomic E-state index is 10.6. The predicted octanol–water partition coefficient (Wildman–Crippen LogP) is 3.14. The van der Waals surface area contributed by atoms with Gasteiger partial charge in [0.05, 0.1) is 5.02 Å². The maximum Gasteiger partial charge on any atom is 0.151 e. The molecule has 1 aromatic heterocycles. The summed E-state index contributed by atoms with van der Waals surface area (Å²) in [5.41, 5.74) is 2.78. The first-order valence-corrected chi connectivity index (χ1v) is 5.30. The Kier molecular flexibility index (Phi) is 3.32. The molecule has 0 N–H and O–H groups in total. The lowest BCUT2D eigenvalue weighted by Gasteiger charge is -2.03. The van der Waals surface area contributed by atoms with Crippen molar-refractivity contribution in [2.45, 2.75) is 6.42 Å². The number of carbonyl (C=O) groups excluding carboxylic acids is 1. The lowest BCUT2D eigenvalue weighted by Crippen LogP contribution is -1.90. The quantitative estimate of drug-likeness (QED) is 0.760. The third-order valence-electron chi connectivity index (χ3n) is 2.35. The van der Waals surface area contributed by atoms with Gasteiger partial charge in [0.15, 0.2) is 6.29 Å². The molecule has 3 heteroatoms. The van der Waals surface area contributed by atoms with Crippen molar-refractivity contribution in [3.63, 3.8) is 0 Å². The highest BCUT2D eigenvalue weighted by atomic mass is 35.5. The maximum absolute atomic E-state index is 10.6. The molecule has 0 aliphatic heterocycles. The molecule has 0 fully saturated rings. The summed E-state index contributed by atoms with van der Waals surface area (Å²) < 4.78 is 0. The van der Waals surface area contributed by atoms with E-state index in [-0.39, 0.29) is 0 Å². The minimum absolute atomic E-state index is 0.501. The molecule has 2 nitrogen and oxygen atoms in total. The van der Waals surface area contributed by atoms with Crippen molar-refractivity contribution in [3.05, 3.63) is 64.4 Å². The molecule has 16 heavy (non-hydrogen) atoms. The van der Waals surface area contributed by atoms with Crippen molar-refractivity contribution in [1.82, 2.24) is 4.98 Å². The fraction of sp³-hybridized carbons (Fsp3) is 0.0769. The van der Waals surface area contributed by atoms with Crippen molar-refractivity contribution >= 4 is 17.9 Å². The molecular weight excluding hydrogens is 222 g/mol. The topological polar surface area (TPSA) is 30.0 Å². The van der Waals surface area contributed by atoms with Crippen LogP contribution in [0.4, 0.5) is 0 Å². The Balaban J connectivity index is 2.23. The van der Waals surface area contributed by atoms with Crippen molar-refractivity contribution in [1.29, 1.82) is 0 Å². The van der Waals surface area contributed by atoms with Gasteiger partial charge in [-0.1, -0.05) is 17.7 Å². The van der Waals surface area contributed by atoms with Gasteiger partial charge in [0, 0.05) is 18.0 Å². The Labute approximate surface area is 98.9 Å². The van der Waals surface area contributed by atoms with Crippen LogP contribution in [-0.2, 0) is 6.42 Å². The molecule has 80 valence electrons.